The number of amides is 1. The van der Waals surface area contributed by atoms with Gasteiger partial charge in [-0.05, 0) is 257 Å². The van der Waals surface area contributed by atoms with Crippen molar-refractivity contribution >= 4 is 94.6 Å². The number of nitrogens with zero attached hydrogens (tertiary/aromatic N) is 7. The Balaban J connectivity index is 0.000000103. The molecule has 11 nitrogen and oxygen atoms in total. The van der Waals surface area contributed by atoms with Crippen molar-refractivity contribution < 1.29 is 4.79 Å². The summed E-state index contributed by atoms with van der Waals surface area (Å²) >= 11 is 7.17. The number of anilines is 10. The number of nitrogens with one attached hydrogen (secondary N) is 3. The number of carbonyl (C=O) groups excluding carboxylic acids is 1. The quantitative estimate of drug-likeness (QED) is 0.155. The fraction of sp³-hybridized carbons (Fsp3) is 0.358. The Hall–Kier alpha value is -8.53. The molecule has 5 fully saturated rings. The van der Waals surface area contributed by atoms with Crippen LogP contribution in [0.3, 0.4) is 0 Å². The molecule has 0 spiro atoms. The molecular formula is C95H106Br2N10O. The number of aryl methyl sites for hydroxylation is 2. The predicted molar refractivity (Wildman–Crippen MR) is 457 cm³/mol. The Labute approximate surface area is 659 Å². The fourth-order valence-electron chi connectivity index (χ4n) is 20.6. The third-order valence-electron chi connectivity index (χ3n) is 26.4. The topological polar surface area (TPSA) is 75.8 Å². The third-order valence-corrected chi connectivity index (χ3v) is 27.4. The summed E-state index contributed by atoms with van der Waals surface area (Å²) < 4.78 is 2.28. The largest absolute Gasteiger partial charge is 0.339 e. The number of carbonyl (C=O) groups is 1. The number of fused-ring (bicyclic) bond motifs is 15. The van der Waals surface area contributed by atoms with Gasteiger partial charge in [0.15, 0.2) is 0 Å². The molecule has 13 heteroatoms. The first-order valence-corrected chi connectivity index (χ1v) is 41.1. The van der Waals surface area contributed by atoms with Gasteiger partial charge in [0.05, 0.1) is 5.54 Å². The number of likely N-dealkylation sites (N-methyl/N-ethyl adjacent to an activating group) is 1. The maximum atomic E-state index is 12.2. The summed E-state index contributed by atoms with van der Waals surface area (Å²) in [5.41, 5.74) is 23.7. The number of hydrogen-bond acceptors (Lipinski definition) is 10. The molecule has 0 unspecified atom stereocenters. The van der Waals surface area contributed by atoms with Crippen LogP contribution >= 0.6 is 31.9 Å². The Morgan fingerprint density at radius 2 is 0.676 bits per heavy atom. The number of benzene rings is 10. The van der Waals surface area contributed by atoms with Crippen molar-refractivity contribution in [3.05, 3.63) is 297 Å². The molecule has 10 aromatic carbocycles. The molecule has 0 aliphatic carbocycles. The molecule has 1 amide bonds. The molecule has 0 aromatic heterocycles. The molecule has 556 valence electrons. The first kappa shape index (κ1) is 73.6. The van der Waals surface area contributed by atoms with Gasteiger partial charge in [-0.2, -0.15) is 0 Å². The maximum absolute atomic E-state index is 12.2. The molecule has 10 aliphatic heterocycles. The van der Waals surface area contributed by atoms with Crippen LogP contribution in [0.15, 0.2) is 258 Å². The van der Waals surface area contributed by atoms with Gasteiger partial charge in [0.2, 0.25) is 5.91 Å². The van der Waals surface area contributed by atoms with Crippen molar-refractivity contribution in [1.29, 1.82) is 0 Å². The second-order valence-electron chi connectivity index (χ2n) is 33.2. The van der Waals surface area contributed by atoms with E-state index in [4.69, 9.17) is 0 Å². The second-order valence-corrected chi connectivity index (χ2v) is 35.1. The van der Waals surface area contributed by atoms with Crippen LogP contribution < -0.4 is 40.4 Å². The van der Waals surface area contributed by atoms with E-state index in [2.05, 4.69) is 380 Å². The first-order valence-electron chi connectivity index (χ1n) is 39.5. The van der Waals surface area contributed by atoms with Crippen LogP contribution in [0, 0.1) is 13.8 Å². The van der Waals surface area contributed by atoms with Crippen LogP contribution in [0.2, 0.25) is 0 Å². The summed E-state index contributed by atoms with van der Waals surface area (Å²) in [6.45, 7) is 28.2. The summed E-state index contributed by atoms with van der Waals surface area (Å²) in [7, 11) is 2.27. The molecule has 10 heterocycles. The zero-order valence-electron chi connectivity index (χ0n) is 64.5. The van der Waals surface area contributed by atoms with Crippen LogP contribution in [0.5, 0.6) is 0 Å². The summed E-state index contributed by atoms with van der Waals surface area (Å²) in [4.78, 5) is 29.0. The molecule has 5 saturated heterocycles. The monoisotopic (exact) mass is 1560 g/mol. The van der Waals surface area contributed by atoms with E-state index in [-0.39, 0.29) is 33.6 Å². The van der Waals surface area contributed by atoms with E-state index in [1.54, 1.807) is 6.92 Å². The van der Waals surface area contributed by atoms with E-state index in [1.807, 2.05) is 6.07 Å². The van der Waals surface area contributed by atoms with Crippen LogP contribution in [-0.2, 0) is 4.79 Å². The van der Waals surface area contributed by atoms with Crippen molar-refractivity contribution in [2.45, 2.75) is 145 Å². The van der Waals surface area contributed by atoms with Crippen LogP contribution in [0.4, 0.5) is 56.9 Å². The number of likely N-dealkylation sites (tertiary alicyclic amines) is 2. The minimum Gasteiger partial charge on any atom is -0.339 e. The van der Waals surface area contributed by atoms with Crippen molar-refractivity contribution in [3.63, 3.8) is 0 Å². The number of para-hydroxylation sites is 6. The van der Waals surface area contributed by atoms with Gasteiger partial charge >= 0.3 is 0 Å². The summed E-state index contributed by atoms with van der Waals surface area (Å²) in [6.07, 6.45) is 6.03. The fourth-order valence-corrected chi connectivity index (χ4v) is 21.3. The van der Waals surface area contributed by atoms with Gasteiger partial charge in [0, 0.05) is 164 Å². The van der Waals surface area contributed by atoms with E-state index < -0.39 is 0 Å². The Bertz CT molecular complexity index is 4730. The molecule has 10 atom stereocenters. The summed E-state index contributed by atoms with van der Waals surface area (Å²) in [6, 6.07) is 89.7. The van der Waals surface area contributed by atoms with Gasteiger partial charge < -0.3 is 45.3 Å². The normalized spacial score (nSPS) is 27.1. The molecular weight excluding hydrogens is 1460 g/mol. The molecule has 0 radical (unpaired) electrons. The second kappa shape index (κ2) is 30.0. The molecule has 0 saturated carbocycles. The minimum absolute atomic E-state index is 0.140. The van der Waals surface area contributed by atoms with E-state index in [9.17, 15) is 4.79 Å². The van der Waals surface area contributed by atoms with E-state index in [0.29, 0.717) is 29.6 Å². The van der Waals surface area contributed by atoms with Crippen molar-refractivity contribution in [1.82, 2.24) is 25.8 Å². The van der Waals surface area contributed by atoms with Gasteiger partial charge in [-0.25, -0.2) is 0 Å². The van der Waals surface area contributed by atoms with Gasteiger partial charge in [-0.1, -0.05) is 176 Å². The van der Waals surface area contributed by atoms with Gasteiger partial charge in [0.1, 0.15) is 0 Å². The highest BCUT2D eigenvalue weighted by atomic mass is 79.9. The summed E-state index contributed by atoms with van der Waals surface area (Å²) in [5.74, 6) is 3.11. The lowest BCUT2D eigenvalue weighted by molar-refractivity contribution is -0.132. The number of halogens is 2. The average molecular weight is 1560 g/mol. The third kappa shape index (κ3) is 13.8. The van der Waals surface area contributed by atoms with Gasteiger partial charge in [-0.15, -0.1) is 0 Å². The maximum Gasteiger partial charge on any atom is 0.219 e. The highest BCUT2D eigenvalue weighted by Gasteiger charge is 2.54. The van der Waals surface area contributed by atoms with E-state index >= 15 is 0 Å². The van der Waals surface area contributed by atoms with E-state index in [0.717, 1.165) is 74.3 Å². The Kier molecular flexibility index (Phi) is 20.5. The SMILES string of the molecule is CC(=O)N1CC[C@H]2c3ccccc3N(c3ccccc3)C[C@]21C.CN1CC[C@H]2c3ccccc3N(c3ccccc3)C[C@]21C.C[C@@]12CN(c3ccc(Br)cc3)c3ccc(Br)cc3[C@@H]1CCN2.C[C@@]12CN(c3ccccc3)c3ccccc3[C@@H]1CCN2.Cc1ccc(N2C[C@@]3(C)NCC[C@H]3c3cc(C)ccc32)cc1. The zero-order valence-corrected chi connectivity index (χ0v) is 67.6. The van der Waals surface area contributed by atoms with Crippen molar-refractivity contribution in [3.8, 4) is 0 Å². The van der Waals surface area contributed by atoms with Crippen LogP contribution in [-0.4, -0.2) is 116 Å². The molecule has 108 heavy (non-hydrogen) atoms. The molecule has 3 N–H and O–H groups in total. The number of rotatable bonds is 5. The lowest BCUT2D eigenvalue weighted by Gasteiger charge is -2.48. The smallest absolute Gasteiger partial charge is 0.219 e. The van der Waals surface area contributed by atoms with Gasteiger partial charge in [0.25, 0.3) is 0 Å². The predicted octanol–water partition coefficient (Wildman–Crippen LogP) is 21.1. The molecule has 10 aromatic rings. The highest BCUT2D eigenvalue weighted by Crippen LogP contribution is 2.55. The van der Waals surface area contributed by atoms with Crippen LogP contribution in [0.25, 0.3) is 0 Å². The number of hydrogen-bond donors (Lipinski definition) is 3. The highest BCUT2D eigenvalue weighted by molar-refractivity contribution is 9.10. The van der Waals surface area contributed by atoms with Crippen LogP contribution in [0.1, 0.15) is 142 Å². The Morgan fingerprint density at radius 1 is 0.343 bits per heavy atom. The molecule has 20 rings (SSSR count). The lowest BCUT2D eigenvalue weighted by Crippen LogP contribution is -2.55. The Morgan fingerprint density at radius 3 is 1.14 bits per heavy atom. The minimum atomic E-state index is -0.143. The van der Waals surface area contributed by atoms with E-state index in [1.165, 1.54) is 128 Å². The van der Waals surface area contributed by atoms with Crippen molar-refractivity contribution in [2.75, 3.05) is 97.0 Å². The van der Waals surface area contributed by atoms with Crippen molar-refractivity contribution in [2.24, 2.45) is 0 Å². The summed E-state index contributed by atoms with van der Waals surface area (Å²) in [5, 5.41) is 11.2. The van der Waals surface area contributed by atoms with Gasteiger partial charge in [-0.3, -0.25) is 9.69 Å². The zero-order chi connectivity index (χ0) is 74.7. The molecule has 10 aliphatic rings. The standard InChI is InChI=1S/C20H22N2O.C20H24N2.C19H22N2.C18H18Br2N2.C18H20N2/c1-15(23)22-13-12-18-17-10-6-7-11-19(17)21(14-20(18,22)2)16-8-4-3-5-9-16;1-14-4-7-16(8-5-14)22-13-20(3)18(10-11-21-20)17-12-15(2)6-9-19(17)22;1-19-14-21(15-8-4-3-5-9-15)18-11-7-6-10-16(18)17(19)12-13-20(19)2;1-18-11-22(14-5-2-12(19)3-6-14)17-7-4-13(20)10-15(17)16(18)8-9-21-18;1-18-13-20(14-7-3-2-4-8-14)17-10-6-5-9-15(17)16(18)11-12-19-18/h3-11,18H,12-14H2,1-2H3;4-9,12,18,21H,10-11,13H2,1-3H3;3-11,17H,12-14H2,1-2H3;2-7,10,16,21H,8-9,11H2,1H3;2-10,16,19H,11-13H2,1H3/t2*18-,20+;17-,19+;2*16-,18+/m00000/s1. The first-order chi connectivity index (χ1) is 52.2. The molecule has 0 bridgehead atoms. The average Bonchev–Trinajstić information content (AvgIpc) is 1.52. The lowest BCUT2D eigenvalue weighted by atomic mass is 9.76.